The first-order valence-electron chi connectivity index (χ1n) is 13.6. The number of carbonyl (C=O) groups is 2. The molecule has 0 aliphatic carbocycles. The number of fused-ring (bicyclic) bond motifs is 1. The molecule has 5 rings (SSSR count). The van der Waals surface area contributed by atoms with E-state index in [2.05, 4.69) is 55.4 Å². The fourth-order valence-electron chi connectivity index (χ4n) is 4.65. The lowest BCUT2D eigenvalue weighted by molar-refractivity contribution is -0.0558. The summed E-state index contributed by atoms with van der Waals surface area (Å²) < 4.78 is 67.7. The molecule has 3 heterocycles. The van der Waals surface area contributed by atoms with Crippen LogP contribution in [0.25, 0.3) is 11.2 Å². The first kappa shape index (κ1) is 38.9. The summed E-state index contributed by atoms with van der Waals surface area (Å²) in [5, 5.41) is 0. The van der Waals surface area contributed by atoms with Gasteiger partial charge in [-0.15, -0.1) is 0 Å². The predicted molar refractivity (Wildman–Crippen MR) is 179 cm³/mol. The molecule has 1 fully saturated rings. The molecule has 274 valence electrons. The van der Waals surface area contributed by atoms with Crippen LogP contribution in [0.5, 0.6) is 0 Å². The van der Waals surface area contributed by atoms with Crippen LogP contribution in [-0.4, -0.2) is 76.0 Å². The number of nitrogens with zero attached hydrogens (tertiary/aromatic N) is 4. The Kier molecular flexibility index (Phi) is 11.4. The average molecular weight is 903 g/mol. The summed E-state index contributed by atoms with van der Waals surface area (Å²) in [5.74, 6) is -2.21. The summed E-state index contributed by atoms with van der Waals surface area (Å²) >= 11 is 6.47. The van der Waals surface area contributed by atoms with Gasteiger partial charge in [-0.05, 0) is 36.4 Å². The van der Waals surface area contributed by atoms with Gasteiger partial charge in [0, 0.05) is 20.3 Å². The number of nitrogens with two attached hydrogens (primary N) is 3. The molecule has 51 heavy (non-hydrogen) atoms. The van der Waals surface area contributed by atoms with Gasteiger partial charge in [0.25, 0.3) is 0 Å². The highest BCUT2D eigenvalue weighted by atomic mass is 79.9. The second-order valence-corrected chi connectivity index (χ2v) is 16.5. The zero-order valence-corrected chi connectivity index (χ0v) is 30.9. The maximum absolute atomic E-state index is 13.6. The van der Waals surface area contributed by atoms with E-state index in [1.54, 1.807) is 6.07 Å². The Morgan fingerprint density at radius 1 is 0.824 bits per heavy atom. The summed E-state index contributed by atoms with van der Waals surface area (Å²) in [6.07, 6.45) is -4.42. The topological polar surface area (TPSA) is 343 Å². The van der Waals surface area contributed by atoms with Crippen LogP contribution >= 0.6 is 55.3 Å². The van der Waals surface area contributed by atoms with Gasteiger partial charge in [0.05, 0.1) is 24.1 Å². The van der Waals surface area contributed by atoms with Crippen molar-refractivity contribution in [3.63, 3.8) is 0 Å². The van der Waals surface area contributed by atoms with Crippen molar-refractivity contribution < 1.29 is 70.2 Å². The third-order valence-electron chi connectivity index (χ3n) is 6.72. The van der Waals surface area contributed by atoms with Gasteiger partial charge in [0.1, 0.15) is 17.9 Å². The first-order valence-corrected chi connectivity index (χ1v) is 19.7. The number of anilines is 3. The van der Waals surface area contributed by atoms with E-state index in [1.807, 2.05) is 0 Å². The molecule has 1 saturated heterocycles. The quantitative estimate of drug-likeness (QED) is 0.0610. The molecule has 0 saturated carbocycles. The minimum Gasteiger partial charge on any atom is -0.452 e. The third-order valence-corrected chi connectivity index (χ3v) is 11.5. The smallest absolute Gasteiger partial charge is 0.452 e. The Morgan fingerprint density at radius 3 is 1.96 bits per heavy atom. The lowest BCUT2D eigenvalue weighted by Gasteiger charge is -2.25. The van der Waals surface area contributed by atoms with Crippen LogP contribution in [0.4, 0.5) is 17.2 Å². The average Bonchev–Trinajstić information content (AvgIpc) is 3.58. The Bertz CT molecular complexity index is 2150. The van der Waals surface area contributed by atoms with Crippen LogP contribution in [0, 0.1) is 0 Å². The summed E-state index contributed by atoms with van der Waals surface area (Å²) in [6, 6.07) is 8.55. The van der Waals surface area contributed by atoms with Crippen molar-refractivity contribution in [1.82, 2.24) is 19.5 Å². The predicted octanol–water partition coefficient (Wildman–Crippen LogP) is 2.79. The number of imidazole rings is 1. The lowest BCUT2D eigenvalue weighted by Crippen LogP contribution is -2.41. The summed E-state index contributed by atoms with van der Waals surface area (Å²) in [4.78, 5) is 76.8. The van der Waals surface area contributed by atoms with E-state index in [9.17, 15) is 33.1 Å². The molecule has 1 aliphatic rings. The number of phosphoric acid groups is 3. The van der Waals surface area contributed by atoms with E-state index in [4.69, 9.17) is 45.7 Å². The number of carbonyl (C=O) groups excluding carboxylic acids is 2. The van der Waals surface area contributed by atoms with E-state index in [-0.39, 0.29) is 39.5 Å². The van der Waals surface area contributed by atoms with E-state index >= 15 is 0 Å². The van der Waals surface area contributed by atoms with E-state index in [0.29, 0.717) is 8.95 Å². The monoisotopic (exact) mass is 901 g/mol. The molecule has 2 aromatic carbocycles. The minimum atomic E-state index is -5.91. The molecule has 0 bridgehead atoms. The van der Waals surface area contributed by atoms with Gasteiger partial charge >= 0.3 is 35.4 Å². The van der Waals surface area contributed by atoms with Gasteiger partial charge in [0.2, 0.25) is 0 Å². The molecule has 0 spiro atoms. The van der Waals surface area contributed by atoms with Crippen LogP contribution in [-0.2, 0) is 41.1 Å². The largest absolute Gasteiger partial charge is 0.490 e. The molecule has 0 radical (unpaired) electrons. The fourth-order valence-corrected chi connectivity index (χ4v) is 8.40. The number of phosphoric ester groups is 1. The van der Waals surface area contributed by atoms with Crippen molar-refractivity contribution in [1.29, 1.82) is 0 Å². The van der Waals surface area contributed by atoms with Crippen molar-refractivity contribution >= 4 is 95.6 Å². The minimum absolute atomic E-state index is 0.00748. The van der Waals surface area contributed by atoms with Crippen molar-refractivity contribution in [2.45, 2.75) is 24.5 Å². The Balaban J connectivity index is 1.56. The number of ether oxygens (including phenoxy) is 3. The SMILES string of the molecule is Nc1ccc(Br)cc1C(=O)OC1C(COP(=O)(O)OP(=O)(O)OP(=O)(O)O)OC(n2cnc3c(N)ncnc32)C1OC(=O)c1cc(Br)ccc1N. The number of esters is 2. The number of halogens is 2. The number of hydrogen-bond donors (Lipinski definition) is 7. The van der Waals surface area contributed by atoms with Crippen molar-refractivity contribution in [2.24, 2.45) is 0 Å². The van der Waals surface area contributed by atoms with Crippen LogP contribution < -0.4 is 17.2 Å². The maximum atomic E-state index is 13.6. The summed E-state index contributed by atoms with van der Waals surface area (Å²) in [7, 11) is -17.3. The third kappa shape index (κ3) is 9.37. The molecule has 4 aromatic rings. The van der Waals surface area contributed by atoms with Gasteiger partial charge in [-0.3, -0.25) is 9.09 Å². The number of nitrogen functional groups attached to an aromatic ring is 3. The number of aromatic nitrogens is 4. The second-order valence-electron chi connectivity index (χ2n) is 10.2. The van der Waals surface area contributed by atoms with Crippen molar-refractivity contribution in [2.75, 3.05) is 23.8 Å². The van der Waals surface area contributed by atoms with Gasteiger partial charge in [0.15, 0.2) is 29.9 Å². The molecule has 10 N–H and O–H groups in total. The highest BCUT2D eigenvalue weighted by Crippen LogP contribution is 2.66. The molecule has 0 amide bonds. The van der Waals surface area contributed by atoms with Gasteiger partial charge in [-0.25, -0.2) is 38.2 Å². The van der Waals surface area contributed by atoms with Crippen LogP contribution in [0.1, 0.15) is 26.9 Å². The van der Waals surface area contributed by atoms with Gasteiger partial charge in [-0.1, -0.05) is 31.9 Å². The lowest BCUT2D eigenvalue weighted by atomic mass is 10.1. The standard InChI is InChI=1S/C24H24Br2N7O15P3/c25-10-1-3-14(27)12(5-10)23(34)45-18-16(7-43-50(39,40)48-51(41,42)47-49(36,37)38)44-22(33-9-32-17-20(29)30-8-31-21(17)33)19(18)46-24(35)13-6-11(26)2-4-15(13)28/h1-6,8-9,16,18-19,22H,7,27-28H2,(H,39,40)(H,41,42)(H2,29,30,31)(H2,36,37,38). The second kappa shape index (κ2) is 15.0. The van der Waals surface area contributed by atoms with Crippen LogP contribution in [0.2, 0.25) is 0 Å². The molecule has 2 aromatic heterocycles. The van der Waals surface area contributed by atoms with E-state index in [1.165, 1.54) is 41.2 Å². The van der Waals surface area contributed by atoms with Crippen LogP contribution in [0.3, 0.4) is 0 Å². The maximum Gasteiger partial charge on any atom is 0.490 e. The highest BCUT2D eigenvalue weighted by Gasteiger charge is 2.53. The summed E-state index contributed by atoms with van der Waals surface area (Å²) in [6.45, 7) is -1.14. The summed E-state index contributed by atoms with van der Waals surface area (Å²) in [5.41, 5.74) is 17.7. The van der Waals surface area contributed by atoms with Crippen molar-refractivity contribution in [3.8, 4) is 0 Å². The molecule has 6 atom stereocenters. The number of rotatable bonds is 12. The van der Waals surface area contributed by atoms with Gasteiger partial charge < -0.3 is 51.0 Å². The Hall–Kier alpha value is -3.34. The molecule has 27 heteroatoms. The number of benzene rings is 2. The zero-order chi connectivity index (χ0) is 37.5. The molecular weight excluding hydrogens is 879 g/mol. The van der Waals surface area contributed by atoms with Gasteiger partial charge in [-0.2, -0.15) is 8.62 Å². The van der Waals surface area contributed by atoms with E-state index < -0.39 is 66.6 Å². The molecule has 6 unspecified atom stereocenters. The zero-order valence-electron chi connectivity index (χ0n) is 25.0. The Labute approximate surface area is 301 Å². The molecule has 22 nitrogen and oxygen atoms in total. The Morgan fingerprint density at radius 2 is 1.39 bits per heavy atom. The number of hydrogen-bond acceptors (Lipinski definition) is 17. The molecular formula is C24H24Br2N7O15P3. The fraction of sp³-hybridized carbons (Fsp3) is 0.208. The first-order chi connectivity index (χ1) is 23.7. The normalized spacial score (nSPS) is 21.5. The van der Waals surface area contributed by atoms with E-state index in [0.717, 1.165) is 6.33 Å². The highest BCUT2D eigenvalue weighted by molar-refractivity contribution is 9.10. The molecule has 1 aliphatic heterocycles. The van der Waals surface area contributed by atoms with Crippen LogP contribution in [0.15, 0.2) is 58.0 Å². The van der Waals surface area contributed by atoms with Crippen molar-refractivity contribution in [3.05, 3.63) is 69.1 Å².